The zero-order chi connectivity index (χ0) is 17.7. The van der Waals surface area contributed by atoms with Crippen LogP contribution in [0.15, 0.2) is 18.2 Å². The molecule has 1 atom stereocenters. The maximum Gasteiger partial charge on any atom is 0.124 e. The van der Waals surface area contributed by atoms with Crippen LogP contribution in [-0.2, 0) is 6.54 Å². The molecule has 1 fully saturated rings. The highest BCUT2D eigenvalue weighted by Crippen LogP contribution is 2.26. The number of benzene rings is 1. The first-order chi connectivity index (χ1) is 11.2. The summed E-state index contributed by atoms with van der Waals surface area (Å²) in [6.07, 6.45) is 1.16. The molecule has 134 valence electrons. The van der Waals surface area contributed by atoms with Crippen molar-refractivity contribution < 1.29 is 9.84 Å². The number of ether oxygens (including phenoxy) is 1. The van der Waals surface area contributed by atoms with Crippen LogP contribution >= 0.6 is 11.6 Å². The van der Waals surface area contributed by atoms with Gasteiger partial charge >= 0.3 is 0 Å². The summed E-state index contributed by atoms with van der Waals surface area (Å²) in [4.78, 5) is 2.37. The van der Waals surface area contributed by atoms with Crippen LogP contribution in [0.25, 0.3) is 0 Å². The van der Waals surface area contributed by atoms with Gasteiger partial charge in [0, 0.05) is 23.7 Å². The van der Waals surface area contributed by atoms with Gasteiger partial charge in [-0.1, -0.05) is 39.3 Å². The Morgan fingerprint density at radius 3 is 2.57 bits per heavy atom. The van der Waals surface area contributed by atoms with Crippen LogP contribution in [0.5, 0.6) is 5.75 Å². The molecule has 1 saturated heterocycles. The van der Waals surface area contributed by atoms with Crippen molar-refractivity contribution in [1.82, 2.24) is 4.90 Å². The van der Waals surface area contributed by atoms with E-state index in [1.165, 1.54) is 0 Å². The van der Waals surface area contributed by atoms with E-state index >= 15 is 0 Å². The van der Waals surface area contributed by atoms with Gasteiger partial charge in [-0.2, -0.15) is 0 Å². The average molecular weight is 345 g/mol. The molecule has 0 spiro atoms. The minimum atomic E-state index is 0.0149. The number of nitrogens with two attached hydrogens (primary N) is 1. The first kappa shape index (κ1) is 22.2. The second-order valence-electron chi connectivity index (χ2n) is 4.95. The van der Waals surface area contributed by atoms with Crippen LogP contribution in [0.2, 0.25) is 5.02 Å². The average Bonchev–Trinajstić information content (AvgIpc) is 3.05. The summed E-state index contributed by atoms with van der Waals surface area (Å²) in [5, 5.41) is 9.56. The van der Waals surface area contributed by atoms with Gasteiger partial charge in [0.1, 0.15) is 12.4 Å². The monoisotopic (exact) mass is 344 g/mol. The first-order valence-electron chi connectivity index (χ1n) is 8.67. The summed E-state index contributed by atoms with van der Waals surface area (Å²) in [6, 6.07) is 5.61. The Kier molecular flexibility index (Phi) is 13.1. The van der Waals surface area contributed by atoms with Crippen LogP contribution < -0.4 is 10.5 Å². The SMILES string of the molecule is CC.CC.NCC1CCN(Cc2cc(Cl)ccc2OCCO)C1. The lowest BCUT2D eigenvalue weighted by molar-refractivity contribution is 0.198. The van der Waals surface area contributed by atoms with Gasteiger partial charge in [-0.05, 0) is 43.6 Å². The number of nitrogens with zero attached hydrogens (tertiary/aromatic N) is 1. The summed E-state index contributed by atoms with van der Waals surface area (Å²) < 4.78 is 5.54. The molecule has 1 aliphatic heterocycles. The van der Waals surface area contributed by atoms with Crippen molar-refractivity contribution in [3.05, 3.63) is 28.8 Å². The van der Waals surface area contributed by atoms with E-state index in [4.69, 9.17) is 27.2 Å². The van der Waals surface area contributed by atoms with Gasteiger partial charge in [-0.15, -0.1) is 0 Å². The molecule has 1 heterocycles. The van der Waals surface area contributed by atoms with Crippen LogP contribution in [0.4, 0.5) is 0 Å². The van der Waals surface area contributed by atoms with Crippen molar-refractivity contribution in [3.8, 4) is 5.75 Å². The fourth-order valence-corrected chi connectivity index (χ4v) is 2.65. The Morgan fingerprint density at radius 2 is 2.00 bits per heavy atom. The lowest BCUT2D eigenvalue weighted by atomic mass is 10.1. The quantitative estimate of drug-likeness (QED) is 0.828. The topological polar surface area (TPSA) is 58.7 Å². The highest BCUT2D eigenvalue weighted by molar-refractivity contribution is 6.30. The number of aliphatic hydroxyl groups excluding tert-OH is 1. The molecule has 0 bridgehead atoms. The van der Waals surface area contributed by atoms with Gasteiger partial charge in [0.05, 0.1) is 6.61 Å². The molecule has 1 aromatic carbocycles. The van der Waals surface area contributed by atoms with E-state index in [0.29, 0.717) is 17.5 Å². The van der Waals surface area contributed by atoms with Gasteiger partial charge in [0.25, 0.3) is 0 Å². The molecule has 3 N–H and O–H groups in total. The molecule has 1 unspecified atom stereocenters. The number of hydrogen-bond donors (Lipinski definition) is 2. The first-order valence-corrected chi connectivity index (χ1v) is 9.05. The van der Waals surface area contributed by atoms with Crippen molar-refractivity contribution in [3.63, 3.8) is 0 Å². The van der Waals surface area contributed by atoms with Crippen LogP contribution in [-0.4, -0.2) is 42.9 Å². The zero-order valence-electron chi connectivity index (χ0n) is 15.0. The lowest BCUT2D eigenvalue weighted by Crippen LogP contribution is -2.23. The number of likely N-dealkylation sites (tertiary alicyclic amines) is 1. The Morgan fingerprint density at radius 1 is 1.30 bits per heavy atom. The molecule has 5 heteroatoms. The number of rotatable bonds is 6. The largest absolute Gasteiger partial charge is 0.491 e. The molecule has 2 rings (SSSR count). The predicted octanol–water partition coefficient (Wildman–Crippen LogP) is 3.54. The number of aliphatic hydroxyl groups is 1. The van der Waals surface area contributed by atoms with Crippen LogP contribution in [0.1, 0.15) is 39.7 Å². The standard InChI is InChI=1S/C14H21ClN2O2.2C2H6/c15-13-1-2-14(19-6-5-18)12(7-13)10-17-4-3-11(8-16)9-17;2*1-2/h1-2,7,11,18H,3-6,8-10,16H2;2*1-2H3. The summed E-state index contributed by atoms with van der Waals surface area (Å²) >= 11 is 6.05. The van der Waals surface area contributed by atoms with E-state index in [-0.39, 0.29) is 6.61 Å². The summed E-state index contributed by atoms with van der Waals surface area (Å²) in [5.74, 6) is 1.40. The number of halogens is 1. The van der Waals surface area contributed by atoms with E-state index in [1.807, 2.05) is 45.9 Å². The zero-order valence-corrected chi connectivity index (χ0v) is 15.8. The maximum atomic E-state index is 8.85. The molecule has 0 saturated carbocycles. The van der Waals surface area contributed by atoms with Crippen molar-refractivity contribution in [1.29, 1.82) is 0 Å². The van der Waals surface area contributed by atoms with Crippen molar-refractivity contribution in [2.75, 3.05) is 32.8 Å². The summed E-state index contributed by atoms with van der Waals surface area (Å²) in [7, 11) is 0. The Hall–Kier alpha value is -0.810. The minimum Gasteiger partial charge on any atom is -0.491 e. The second-order valence-corrected chi connectivity index (χ2v) is 5.39. The fraction of sp³-hybridized carbons (Fsp3) is 0.667. The molecule has 0 aromatic heterocycles. The predicted molar refractivity (Wildman–Crippen MR) is 99.2 cm³/mol. The van der Waals surface area contributed by atoms with E-state index < -0.39 is 0 Å². The molecule has 0 radical (unpaired) electrons. The van der Waals surface area contributed by atoms with Crippen LogP contribution in [0, 0.1) is 5.92 Å². The second kappa shape index (κ2) is 13.6. The minimum absolute atomic E-state index is 0.0149. The van der Waals surface area contributed by atoms with Gasteiger partial charge in [0.15, 0.2) is 0 Å². The van der Waals surface area contributed by atoms with E-state index in [2.05, 4.69) is 4.90 Å². The van der Waals surface area contributed by atoms with Crippen molar-refractivity contribution in [2.24, 2.45) is 11.7 Å². The molecular weight excluding hydrogens is 312 g/mol. The highest BCUT2D eigenvalue weighted by Gasteiger charge is 2.22. The van der Waals surface area contributed by atoms with Crippen LogP contribution in [0.3, 0.4) is 0 Å². The molecule has 23 heavy (non-hydrogen) atoms. The Labute approximate surface area is 146 Å². The molecule has 1 aliphatic rings. The highest BCUT2D eigenvalue weighted by atomic mass is 35.5. The fourth-order valence-electron chi connectivity index (χ4n) is 2.46. The molecule has 0 aliphatic carbocycles. The van der Waals surface area contributed by atoms with Gasteiger partial charge in [-0.3, -0.25) is 4.90 Å². The van der Waals surface area contributed by atoms with Crippen molar-refractivity contribution >= 4 is 11.6 Å². The normalized spacial score (nSPS) is 16.9. The van der Waals surface area contributed by atoms with E-state index in [1.54, 1.807) is 0 Å². The summed E-state index contributed by atoms with van der Waals surface area (Å²) in [6.45, 7) is 12.0. The molecule has 4 nitrogen and oxygen atoms in total. The maximum absolute atomic E-state index is 8.85. The molecule has 0 amide bonds. The Bertz CT molecular complexity index is 416. The smallest absolute Gasteiger partial charge is 0.124 e. The van der Waals surface area contributed by atoms with Gasteiger partial charge in [0.2, 0.25) is 0 Å². The number of hydrogen-bond acceptors (Lipinski definition) is 4. The van der Waals surface area contributed by atoms with Gasteiger partial charge in [-0.25, -0.2) is 0 Å². The third-order valence-corrected chi connectivity index (χ3v) is 3.70. The van der Waals surface area contributed by atoms with E-state index in [0.717, 1.165) is 43.9 Å². The molecule has 1 aromatic rings. The van der Waals surface area contributed by atoms with Crippen molar-refractivity contribution in [2.45, 2.75) is 40.7 Å². The lowest BCUT2D eigenvalue weighted by Gasteiger charge is -2.18. The molecular formula is C18H33ClN2O2. The third-order valence-electron chi connectivity index (χ3n) is 3.47. The van der Waals surface area contributed by atoms with Gasteiger partial charge < -0.3 is 15.6 Å². The van der Waals surface area contributed by atoms with E-state index in [9.17, 15) is 0 Å². The Balaban J connectivity index is 0.00000112. The summed E-state index contributed by atoms with van der Waals surface area (Å²) in [5.41, 5.74) is 6.78. The third kappa shape index (κ3) is 8.02.